The number of benzene rings is 1. The molecule has 4 nitrogen and oxygen atoms in total. The Morgan fingerprint density at radius 3 is 2.70 bits per heavy atom. The molecule has 0 bridgehead atoms. The van der Waals surface area contributed by atoms with Crippen molar-refractivity contribution in [2.24, 2.45) is 4.99 Å². The van der Waals surface area contributed by atoms with Gasteiger partial charge < -0.3 is 15.4 Å². The van der Waals surface area contributed by atoms with Crippen LogP contribution in [0.4, 0.5) is 0 Å². The molecule has 0 heterocycles. The van der Waals surface area contributed by atoms with Crippen molar-refractivity contribution >= 4 is 5.96 Å². The maximum absolute atomic E-state index is 5.45. The molecule has 1 saturated carbocycles. The van der Waals surface area contributed by atoms with E-state index in [1.54, 1.807) is 7.11 Å². The summed E-state index contributed by atoms with van der Waals surface area (Å²) in [6.07, 6.45) is 3.79. The van der Waals surface area contributed by atoms with E-state index in [4.69, 9.17) is 4.74 Å². The van der Waals surface area contributed by atoms with Crippen LogP contribution in [0.3, 0.4) is 0 Å². The predicted molar refractivity (Wildman–Crippen MR) is 83.4 cm³/mol. The number of hydrogen-bond donors (Lipinski definition) is 2. The monoisotopic (exact) mass is 275 g/mol. The van der Waals surface area contributed by atoms with Gasteiger partial charge in [0, 0.05) is 18.7 Å². The Labute approximate surface area is 121 Å². The lowest BCUT2D eigenvalue weighted by Gasteiger charge is -2.29. The highest BCUT2D eigenvalue weighted by Crippen LogP contribution is 2.26. The van der Waals surface area contributed by atoms with E-state index in [1.165, 1.54) is 24.8 Å². The second kappa shape index (κ2) is 6.64. The number of nitrogens with zero attached hydrogens (tertiary/aromatic N) is 1. The van der Waals surface area contributed by atoms with Crippen LogP contribution in [0.2, 0.25) is 0 Å². The van der Waals surface area contributed by atoms with Crippen molar-refractivity contribution in [1.82, 2.24) is 10.6 Å². The van der Waals surface area contributed by atoms with Crippen molar-refractivity contribution in [3.8, 4) is 5.75 Å². The fourth-order valence-corrected chi connectivity index (χ4v) is 2.39. The maximum atomic E-state index is 5.45. The summed E-state index contributed by atoms with van der Waals surface area (Å²) < 4.78 is 5.45. The molecule has 20 heavy (non-hydrogen) atoms. The Morgan fingerprint density at radius 2 is 2.15 bits per heavy atom. The van der Waals surface area contributed by atoms with Gasteiger partial charge in [-0.1, -0.05) is 17.7 Å². The number of aliphatic imine (C=N–C) groups is 1. The van der Waals surface area contributed by atoms with Gasteiger partial charge in [0.2, 0.25) is 0 Å². The van der Waals surface area contributed by atoms with E-state index >= 15 is 0 Å². The first-order valence-electron chi connectivity index (χ1n) is 7.28. The molecule has 1 aliphatic rings. The van der Waals surface area contributed by atoms with E-state index < -0.39 is 0 Å². The first-order valence-corrected chi connectivity index (χ1v) is 7.28. The SMILES string of the molecule is CN=C(NC1CCC1)NC(C)c1cc(C)ccc1OC. The zero-order chi connectivity index (χ0) is 14.5. The first kappa shape index (κ1) is 14.7. The van der Waals surface area contributed by atoms with Gasteiger partial charge in [-0.15, -0.1) is 0 Å². The number of rotatable bonds is 4. The van der Waals surface area contributed by atoms with Crippen molar-refractivity contribution in [2.45, 2.75) is 45.2 Å². The molecule has 1 fully saturated rings. The molecule has 0 aliphatic heterocycles. The third-order valence-electron chi connectivity index (χ3n) is 3.87. The van der Waals surface area contributed by atoms with Crippen LogP contribution in [-0.2, 0) is 0 Å². The lowest BCUT2D eigenvalue weighted by atomic mass is 9.93. The molecule has 4 heteroatoms. The van der Waals surface area contributed by atoms with Gasteiger partial charge in [0.05, 0.1) is 13.2 Å². The standard InChI is InChI=1S/C16H25N3O/c1-11-8-9-15(20-4)14(10-11)12(2)18-16(17-3)19-13-6-5-7-13/h8-10,12-13H,5-7H2,1-4H3,(H2,17,18,19). The van der Waals surface area contributed by atoms with Crippen LogP contribution in [0.5, 0.6) is 5.75 Å². The Morgan fingerprint density at radius 1 is 1.40 bits per heavy atom. The number of hydrogen-bond acceptors (Lipinski definition) is 2. The van der Waals surface area contributed by atoms with Gasteiger partial charge in [-0.2, -0.15) is 0 Å². The Balaban J connectivity index is 2.05. The fourth-order valence-electron chi connectivity index (χ4n) is 2.39. The predicted octanol–water partition coefficient (Wildman–Crippen LogP) is 2.78. The second-order valence-electron chi connectivity index (χ2n) is 5.46. The van der Waals surface area contributed by atoms with Crippen LogP contribution < -0.4 is 15.4 Å². The van der Waals surface area contributed by atoms with Gasteiger partial charge in [0.25, 0.3) is 0 Å². The van der Waals surface area contributed by atoms with Crippen LogP contribution >= 0.6 is 0 Å². The number of nitrogens with one attached hydrogen (secondary N) is 2. The van der Waals surface area contributed by atoms with Crippen LogP contribution in [-0.4, -0.2) is 26.2 Å². The van der Waals surface area contributed by atoms with Crippen LogP contribution in [0.25, 0.3) is 0 Å². The van der Waals surface area contributed by atoms with E-state index in [0.717, 1.165) is 17.3 Å². The summed E-state index contributed by atoms with van der Waals surface area (Å²) in [6.45, 7) is 4.22. The Kier molecular flexibility index (Phi) is 4.88. The minimum atomic E-state index is 0.149. The van der Waals surface area contributed by atoms with E-state index in [9.17, 15) is 0 Å². The van der Waals surface area contributed by atoms with Crippen molar-refractivity contribution in [3.63, 3.8) is 0 Å². The third kappa shape index (κ3) is 3.44. The molecule has 2 N–H and O–H groups in total. The first-order chi connectivity index (χ1) is 9.63. The summed E-state index contributed by atoms with van der Waals surface area (Å²) >= 11 is 0. The molecule has 2 rings (SSSR count). The van der Waals surface area contributed by atoms with E-state index in [1.807, 2.05) is 13.1 Å². The molecule has 0 saturated heterocycles. The minimum absolute atomic E-state index is 0.149. The highest BCUT2D eigenvalue weighted by Gasteiger charge is 2.20. The largest absolute Gasteiger partial charge is 0.496 e. The summed E-state index contributed by atoms with van der Waals surface area (Å²) in [5, 5.41) is 6.90. The quantitative estimate of drug-likeness (QED) is 0.656. The molecule has 1 aromatic carbocycles. The maximum Gasteiger partial charge on any atom is 0.191 e. The third-order valence-corrected chi connectivity index (χ3v) is 3.87. The van der Waals surface area contributed by atoms with E-state index in [-0.39, 0.29) is 6.04 Å². The molecule has 1 aliphatic carbocycles. The molecule has 1 atom stereocenters. The summed E-state index contributed by atoms with van der Waals surface area (Å²) in [5.74, 6) is 1.78. The number of ether oxygens (including phenoxy) is 1. The van der Waals surface area contributed by atoms with Crippen LogP contribution in [0, 0.1) is 6.92 Å². The zero-order valence-electron chi connectivity index (χ0n) is 12.9. The number of aryl methyl sites for hydroxylation is 1. The lowest BCUT2D eigenvalue weighted by molar-refractivity contribution is 0.377. The topological polar surface area (TPSA) is 45.7 Å². The zero-order valence-corrected chi connectivity index (χ0v) is 12.9. The molecule has 1 aromatic rings. The van der Waals surface area contributed by atoms with Crippen LogP contribution in [0.1, 0.15) is 43.4 Å². The Bertz CT molecular complexity index is 481. The molecular formula is C16H25N3O. The van der Waals surface area contributed by atoms with Gasteiger partial charge in [-0.25, -0.2) is 0 Å². The van der Waals surface area contributed by atoms with Gasteiger partial charge in [-0.05, 0) is 39.2 Å². The smallest absolute Gasteiger partial charge is 0.191 e. The second-order valence-corrected chi connectivity index (χ2v) is 5.46. The molecular weight excluding hydrogens is 250 g/mol. The summed E-state index contributed by atoms with van der Waals surface area (Å²) in [5.41, 5.74) is 2.39. The lowest BCUT2D eigenvalue weighted by Crippen LogP contribution is -2.46. The molecule has 0 amide bonds. The highest BCUT2D eigenvalue weighted by atomic mass is 16.5. The van der Waals surface area contributed by atoms with Crippen LogP contribution in [0.15, 0.2) is 23.2 Å². The normalized spacial score (nSPS) is 17.3. The van der Waals surface area contributed by atoms with Gasteiger partial charge in [0.1, 0.15) is 5.75 Å². The molecule has 110 valence electrons. The number of methoxy groups -OCH3 is 1. The van der Waals surface area contributed by atoms with Gasteiger partial charge in [-0.3, -0.25) is 4.99 Å². The average Bonchev–Trinajstić information content (AvgIpc) is 2.41. The molecule has 0 radical (unpaired) electrons. The van der Waals surface area contributed by atoms with Crippen molar-refractivity contribution < 1.29 is 4.74 Å². The molecule has 0 aromatic heterocycles. The number of guanidine groups is 1. The van der Waals surface area contributed by atoms with Gasteiger partial charge in [0.15, 0.2) is 5.96 Å². The van der Waals surface area contributed by atoms with E-state index in [2.05, 4.69) is 41.6 Å². The van der Waals surface area contributed by atoms with E-state index in [0.29, 0.717) is 6.04 Å². The minimum Gasteiger partial charge on any atom is -0.496 e. The summed E-state index contributed by atoms with van der Waals surface area (Å²) in [7, 11) is 3.52. The summed E-state index contributed by atoms with van der Waals surface area (Å²) in [4.78, 5) is 4.31. The Hall–Kier alpha value is -1.71. The molecule has 1 unspecified atom stereocenters. The molecule has 0 spiro atoms. The summed E-state index contributed by atoms with van der Waals surface area (Å²) in [6, 6.07) is 6.97. The average molecular weight is 275 g/mol. The van der Waals surface area contributed by atoms with Crippen molar-refractivity contribution in [3.05, 3.63) is 29.3 Å². The van der Waals surface area contributed by atoms with Crippen molar-refractivity contribution in [1.29, 1.82) is 0 Å². The van der Waals surface area contributed by atoms with Crippen molar-refractivity contribution in [2.75, 3.05) is 14.2 Å². The fraction of sp³-hybridized carbons (Fsp3) is 0.562. The highest BCUT2D eigenvalue weighted by molar-refractivity contribution is 5.80. The van der Waals surface area contributed by atoms with Gasteiger partial charge >= 0.3 is 0 Å².